The Hall–Kier alpha value is -1.95. The maximum absolute atomic E-state index is 12.4. The largest absolute Gasteiger partial charge is 0.493 e. The van der Waals surface area contributed by atoms with Gasteiger partial charge in [0.05, 0.1) is 18.6 Å². The van der Waals surface area contributed by atoms with E-state index in [1.807, 2.05) is 24.3 Å². The summed E-state index contributed by atoms with van der Waals surface area (Å²) in [6.07, 6.45) is 8.85. The van der Waals surface area contributed by atoms with Crippen molar-refractivity contribution in [2.24, 2.45) is 4.99 Å². The van der Waals surface area contributed by atoms with E-state index in [4.69, 9.17) is 9.47 Å². The van der Waals surface area contributed by atoms with Crippen molar-refractivity contribution in [2.45, 2.75) is 45.4 Å². The van der Waals surface area contributed by atoms with E-state index in [0.717, 1.165) is 42.4 Å². The van der Waals surface area contributed by atoms with E-state index in [0.29, 0.717) is 17.3 Å². The van der Waals surface area contributed by atoms with E-state index in [1.165, 1.54) is 37.4 Å². The van der Waals surface area contributed by atoms with Gasteiger partial charge in [0.1, 0.15) is 0 Å². The van der Waals surface area contributed by atoms with Crippen molar-refractivity contribution in [3.63, 3.8) is 0 Å². The molecule has 0 aliphatic carbocycles. The number of nitrogens with zero attached hydrogens (tertiary/aromatic N) is 2. The number of likely N-dealkylation sites (tertiary alicyclic amines) is 1. The van der Waals surface area contributed by atoms with Gasteiger partial charge in [-0.05, 0) is 54.8 Å². The minimum Gasteiger partial charge on any atom is -0.493 e. The van der Waals surface area contributed by atoms with E-state index in [2.05, 4.69) is 16.8 Å². The Bertz CT molecular complexity index is 722. The van der Waals surface area contributed by atoms with Gasteiger partial charge in [0.15, 0.2) is 16.7 Å². The molecule has 2 aliphatic rings. The summed E-state index contributed by atoms with van der Waals surface area (Å²) < 4.78 is 11.2. The Balaban J connectivity index is 1.70. The summed E-state index contributed by atoms with van der Waals surface area (Å²) in [6, 6.07) is 5.77. The molecule has 146 valence electrons. The molecular weight excluding hydrogens is 360 g/mol. The molecular formula is C21H28N2O3S. The Morgan fingerprint density at radius 2 is 1.96 bits per heavy atom. The van der Waals surface area contributed by atoms with Gasteiger partial charge in [0, 0.05) is 13.1 Å². The lowest BCUT2D eigenvalue weighted by Crippen LogP contribution is -2.28. The monoisotopic (exact) mass is 388 g/mol. The summed E-state index contributed by atoms with van der Waals surface area (Å²) >= 11 is 1.48. The van der Waals surface area contributed by atoms with Crippen LogP contribution in [0.5, 0.6) is 11.5 Å². The zero-order valence-electron chi connectivity index (χ0n) is 16.2. The number of unbranched alkanes of at least 4 members (excludes halogenated alkanes) is 1. The molecule has 27 heavy (non-hydrogen) atoms. The van der Waals surface area contributed by atoms with Crippen LogP contribution in [0.15, 0.2) is 28.1 Å². The van der Waals surface area contributed by atoms with Crippen LogP contribution < -0.4 is 9.47 Å². The fourth-order valence-corrected chi connectivity index (χ4v) is 4.13. The van der Waals surface area contributed by atoms with Crippen LogP contribution in [0.25, 0.3) is 6.08 Å². The van der Waals surface area contributed by atoms with Crippen LogP contribution in [0, 0.1) is 0 Å². The first kappa shape index (κ1) is 19.8. The Kier molecular flexibility index (Phi) is 7.21. The molecule has 0 spiro atoms. The van der Waals surface area contributed by atoms with Gasteiger partial charge in [-0.25, -0.2) is 0 Å². The average molecular weight is 389 g/mol. The smallest absolute Gasteiger partial charge is 0.286 e. The molecule has 0 unspecified atom stereocenters. The number of carbonyl (C=O) groups is 1. The SMILES string of the molecule is CCCCOc1ccc(/C=C2/SC(N3CCCCCC3)=NC2=O)cc1OC. The molecule has 0 bridgehead atoms. The summed E-state index contributed by atoms with van der Waals surface area (Å²) in [4.78, 5) is 19.6. The number of ether oxygens (including phenoxy) is 2. The third-order valence-electron chi connectivity index (χ3n) is 4.73. The molecule has 2 aliphatic heterocycles. The highest BCUT2D eigenvalue weighted by Gasteiger charge is 2.26. The molecule has 0 aromatic heterocycles. The van der Waals surface area contributed by atoms with E-state index in [1.54, 1.807) is 7.11 Å². The maximum atomic E-state index is 12.4. The van der Waals surface area contributed by atoms with Crippen LogP contribution in [0.2, 0.25) is 0 Å². The normalized spacial score (nSPS) is 19.2. The number of thioether (sulfide) groups is 1. The minimum atomic E-state index is -0.151. The van der Waals surface area contributed by atoms with Crippen LogP contribution in [0.4, 0.5) is 0 Å². The second kappa shape index (κ2) is 9.83. The Morgan fingerprint density at radius 3 is 2.67 bits per heavy atom. The number of methoxy groups -OCH3 is 1. The van der Waals surface area contributed by atoms with Crippen molar-refractivity contribution in [3.05, 3.63) is 28.7 Å². The predicted octanol–water partition coefficient (Wildman–Crippen LogP) is 4.72. The van der Waals surface area contributed by atoms with Gasteiger partial charge in [-0.1, -0.05) is 32.3 Å². The van der Waals surface area contributed by atoms with Gasteiger partial charge in [0.25, 0.3) is 5.91 Å². The van der Waals surface area contributed by atoms with E-state index in [9.17, 15) is 4.79 Å². The third-order valence-corrected chi connectivity index (χ3v) is 5.77. The van der Waals surface area contributed by atoms with Crippen molar-refractivity contribution in [1.82, 2.24) is 4.90 Å². The molecule has 3 rings (SSSR count). The lowest BCUT2D eigenvalue weighted by Gasteiger charge is -2.20. The summed E-state index contributed by atoms with van der Waals surface area (Å²) in [7, 11) is 1.63. The first-order valence-electron chi connectivity index (χ1n) is 9.79. The number of amides is 1. The molecule has 1 saturated heterocycles. The van der Waals surface area contributed by atoms with Crippen LogP contribution >= 0.6 is 11.8 Å². The molecule has 0 atom stereocenters. The highest BCUT2D eigenvalue weighted by molar-refractivity contribution is 8.18. The summed E-state index contributed by atoms with van der Waals surface area (Å²) in [6.45, 7) is 4.79. The van der Waals surface area contributed by atoms with Crippen LogP contribution in [-0.4, -0.2) is 42.8 Å². The zero-order chi connectivity index (χ0) is 19.1. The summed E-state index contributed by atoms with van der Waals surface area (Å²) in [5.41, 5.74) is 0.915. The van der Waals surface area contributed by atoms with Crippen molar-refractivity contribution >= 4 is 28.9 Å². The first-order valence-corrected chi connectivity index (χ1v) is 10.6. The molecule has 0 N–H and O–H groups in total. The summed E-state index contributed by atoms with van der Waals surface area (Å²) in [5.74, 6) is 1.27. The van der Waals surface area contributed by atoms with Crippen molar-refractivity contribution in [3.8, 4) is 11.5 Å². The minimum absolute atomic E-state index is 0.151. The first-order chi connectivity index (χ1) is 13.2. The Morgan fingerprint density at radius 1 is 1.19 bits per heavy atom. The number of hydrogen-bond acceptors (Lipinski definition) is 5. The zero-order valence-corrected chi connectivity index (χ0v) is 17.0. The highest BCUT2D eigenvalue weighted by Crippen LogP contribution is 2.34. The third kappa shape index (κ3) is 5.28. The average Bonchev–Trinajstić information content (AvgIpc) is 2.88. The lowest BCUT2D eigenvalue weighted by molar-refractivity contribution is -0.113. The van der Waals surface area contributed by atoms with Gasteiger partial charge in [-0.2, -0.15) is 4.99 Å². The number of aliphatic imine (C=N–C) groups is 1. The van der Waals surface area contributed by atoms with Gasteiger partial charge in [-0.15, -0.1) is 0 Å². The molecule has 5 nitrogen and oxygen atoms in total. The number of hydrogen-bond donors (Lipinski definition) is 0. The van der Waals surface area contributed by atoms with Crippen molar-refractivity contribution < 1.29 is 14.3 Å². The standard InChI is InChI=1S/C21H28N2O3S/c1-3-4-13-26-17-10-9-16(14-18(17)25-2)15-19-20(24)22-21(27-19)23-11-7-5-6-8-12-23/h9-10,14-15H,3-8,11-13H2,1-2H3/b19-15+. The molecule has 0 saturated carbocycles. The molecule has 1 fully saturated rings. The van der Waals surface area contributed by atoms with Gasteiger partial charge in [-0.3, -0.25) is 4.79 Å². The van der Waals surface area contributed by atoms with E-state index < -0.39 is 0 Å². The predicted molar refractivity (Wildman–Crippen MR) is 111 cm³/mol. The molecule has 1 aromatic carbocycles. The number of carbonyl (C=O) groups excluding carboxylic acids is 1. The quantitative estimate of drug-likeness (QED) is 0.521. The van der Waals surface area contributed by atoms with Crippen molar-refractivity contribution in [2.75, 3.05) is 26.8 Å². The van der Waals surface area contributed by atoms with E-state index >= 15 is 0 Å². The number of rotatable bonds is 6. The second-order valence-corrected chi connectivity index (χ2v) is 7.83. The fourth-order valence-electron chi connectivity index (χ4n) is 3.17. The topological polar surface area (TPSA) is 51.1 Å². The van der Waals surface area contributed by atoms with Gasteiger partial charge in [0.2, 0.25) is 0 Å². The Labute approximate surface area is 165 Å². The summed E-state index contributed by atoms with van der Waals surface area (Å²) in [5, 5.41) is 0.847. The lowest BCUT2D eigenvalue weighted by atomic mass is 10.2. The fraction of sp³-hybridized carbons (Fsp3) is 0.524. The molecule has 2 heterocycles. The van der Waals surface area contributed by atoms with Crippen LogP contribution in [0.1, 0.15) is 51.0 Å². The van der Waals surface area contributed by atoms with Gasteiger partial charge < -0.3 is 14.4 Å². The number of benzene rings is 1. The highest BCUT2D eigenvalue weighted by atomic mass is 32.2. The molecule has 1 aromatic rings. The van der Waals surface area contributed by atoms with Crippen molar-refractivity contribution in [1.29, 1.82) is 0 Å². The van der Waals surface area contributed by atoms with Crippen LogP contribution in [0.3, 0.4) is 0 Å². The maximum Gasteiger partial charge on any atom is 0.286 e. The van der Waals surface area contributed by atoms with Gasteiger partial charge >= 0.3 is 0 Å². The molecule has 1 amide bonds. The van der Waals surface area contributed by atoms with Crippen LogP contribution in [-0.2, 0) is 4.79 Å². The second-order valence-electron chi connectivity index (χ2n) is 6.82. The molecule has 0 radical (unpaired) electrons. The number of amidine groups is 1. The molecule has 6 heteroatoms. The van der Waals surface area contributed by atoms with E-state index in [-0.39, 0.29) is 5.91 Å².